The van der Waals surface area contributed by atoms with Gasteiger partial charge in [-0.3, -0.25) is 4.79 Å². The van der Waals surface area contributed by atoms with Crippen molar-refractivity contribution in [1.29, 1.82) is 0 Å². The van der Waals surface area contributed by atoms with E-state index < -0.39 is 0 Å². The van der Waals surface area contributed by atoms with E-state index in [1.165, 1.54) is 5.56 Å². The van der Waals surface area contributed by atoms with Crippen LogP contribution in [-0.4, -0.2) is 22.3 Å². The number of hydrogen-bond acceptors (Lipinski definition) is 3. The van der Waals surface area contributed by atoms with Gasteiger partial charge in [-0.2, -0.15) is 5.10 Å². The standard InChI is InChI=1S/C21H21N3O2/c1-3-26-17-10-6-15(7-11-17)18-12-20(25)23-21-19(18)13-22-24(21)16-8-4-14(2)5-9-16/h4-11,13,18H,3,12H2,1-2H3,(H,23,25). The number of aryl methyl sites for hydroxylation is 1. The van der Waals surface area contributed by atoms with Crippen LogP contribution in [0.15, 0.2) is 54.7 Å². The minimum absolute atomic E-state index is 0.00486. The predicted molar refractivity (Wildman–Crippen MR) is 101 cm³/mol. The molecule has 1 N–H and O–H groups in total. The predicted octanol–water partition coefficient (Wildman–Crippen LogP) is 4.05. The number of nitrogens with one attached hydrogen (secondary N) is 1. The third-order valence-corrected chi connectivity index (χ3v) is 4.69. The largest absolute Gasteiger partial charge is 0.494 e. The van der Waals surface area contributed by atoms with Crippen molar-refractivity contribution in [2.45, 2.75) is 26.2 Å². The van der Waals surface area contributed by atoms with Crippen LogP contribution in [0.3, 0.4) is 0 Å². The number of ether oxygens (including phenoxy) is 1. The van der Waals surface area contributed by atoms with Crippen LogP contribution in [0.5, 0.6) is 5.75 Å². The molecule has 5 heteroatoms. The van der Waals surface area contributed by atoms with E-state index in [1.54, 1.807) is 4.68 Å². The van der Waals surface area contributed by atoms with Crippen LogP contribution in [0.1, 0.15) is 36.0 Å². The summed E-state index contributed by atoms with van der Waals surface area (Å²) >= 11 is 0. The average molecular weight is 347 g/mol. The van der Waals surface area contributed by atoms with Crippen molar-refractivity contribution >= 4 is 11.7 Å². The smallest absolute Gasteiger partial charge is 0.226 e. The molecule has 132 valence electrons. The second-order valence-electron chi connectivity index (χ2n) is 6.50. The number of aromatic nitrogens is 2. The Labute approximate surface area is 152 Å². The summed E-state index contributed by atoms with van der Waals surface area (Å²) in [6, 6.07) is 16.1. The van der Waals surface area contributed by atoms with Crippen LogP contribution >= 0.6 is 0 Å². The number of fused-ring (bicyclic) bond motifs is 1. The van der Waals surface area contributed by atoms with E-state index in [0.29, 0.717) is 13.0 Å². The van der Waals surface area contributed by atoms with Crippen LogP contribution in [0.4, 0.5) is 5.82 Å². The van der Waals surface area contributed by atoms with E-state index in [-0.39, 0.29) is 11.8 Å². The average Bonchev–Trinajstić information content (AvgIpc) is 3.06. The maximum absolute atomic E-state index is 12.3. The molecule has 1 unspecified atom stereocenters. The Bertz CT molecular complexity index is 927. The summed E-state index contributed by atoms with van der Waals surface area (Å²) in [6.45, 7) is 4.65. The first-order valence-corrected chi connectivity index (χ1v) is 8.83. The van der Waals surface area contributed by atoms with Crippen molar-refractivity contribution in [3.8, 4) is 11.4 Å². The molecule has 4 rings (SSSR count). The van der Waals surface area contributed by atoms with Gasteiger partial charge in [0.1, 0.15) is 11.6 Å². The second kappa shape index (κ2) is 6.67. The lowest BCUT2D eigenvalue weighted by Crippen LogP contribution is -2.24. The highest BCUT2D eigenvalue weighted by Gasteiger charge is 2.30. The number of nitrogens with zero attached hydrogens (tertiary/aromatic N) is 2. The molecule has 0 saturated heterocycles. The molecule has 1 atom stereocenters. The lowest BCUT2D eigenvalue weighted by Gasteiger charge is -2.24. The van der Waals surface area contributed by atoms with Crippen molar-refractivity contribution in [2.24, 2.45) is 0 Å². The summed E-state index contributed by atoms with van der Waals surface area (Å²) in [6.07, 6.45) is 2.27. The minimum Gasteiger partial charge on any atom is -0.494 e. The summed E-state index contributed by atoms with van der Waals surface area (Å²) in [7, 11) is 0. The zero-order chi connectivity index (χ0) is 18.1. The Morgan fingerprint density at radius 3 is 2.58 bits per heavy atom. The van der Waals surface area contributed by atoms with Gasteiger partial charge in [0.2, 0.25) is 5.91 Å². The molecular weight excluding hydrogens is 326 g/mol. The first-order chi connectivity index (χ1) is 12.7. The van der Waals surface area contributed by atoms with E-state index in [1.807, 2.05) is 68.6 Å². The van der Waals surface area contributed by atoms with Gasteiger partial charge in [-0.25, -0.2) is 4.68 Å². The lowest BCUT2D eigenvalue weighted by molar-refractivity contribution is -0.116. The highest BCUT2D eigenvalue weighted by Crippen LogP contribution is 2.38. The van der Waals surface area contributed by atoms with Gasteiger partial charge in [0.25, 0.3) is 0 Å². The number of amides is 1. The Kier molecular flexibility index (Phi) is 4.21. The van der Waals surface area contributed by atoms with Gasteiger partial charge < -0.3 is 10.1 Å². The molecule has 26 heavy (non-hydrogen) atoms. The van der Waals surface area contributed by atoms with Gasteiger partial charge in [-0.15, -0.1) is 0 Å². The quantitative estimate of drug-likeness (QED) is 0.774. The van der Waals surface area contributed by atoms with Gasteiger partial charge in [-0.1, -0.05) is 29.8 Å². The van der Waals surface area contributed by atoms with Gasteiger partial charge in [0.15, 0.2) is 0 Å². The first-order valence-electron chi connectivity index (χ1n) is 8.83. The molecule has 1 amide bonds. The third-order valence-electron chi connectivity index (χ3n) is 4.69. The number of rotatable bonds is 4. The zero-order valence-electron chi connectivity index (χ0n) is 14.9. The van der Waals surface area contributed by atoms with Gasteiger partial charge in [0.05, 0.1) is 18.5 Å². The molecule has 0 radical (unpaired) electrons. The highest BCUT2D eigenvalue weighted by molar-refractivity contribution is 5.94. The number of hydrogen-bond donors (Lipinski definition) is 1. The molecule has 0 saturated carbocycles. The fourth-order valence-corrected chi connectivity index (χ4v) is 3.36. The molecule has 5 nitrogen and oxygen atoms in total. The van der Waals surface area contributed by atoms with Crippen LogP contribution in [-0.2, 0) is 4.79 Å². The molecule has 1 aromatic heterocycles. The summed E-state index contributed by atoms with van der Waals surface area (Å²) in [5, 5.41) is 7.52. The van der Waals surface area contributed by atoms with E-state index in [4.69, 9.17) is 4.74 Å². The molecule has 0 bridgehead atoms. The first kappa shape index (κ1) is 16.4. The Balaban J connectivity index is 1.72. The van der Waals surface area contributed by atoms with Gasteiger partial charge >= 0.3 is 0 Å². The number of benzene rings is 2. The van der Waals surface area contributed by atoms with E-state index in [2.05, 4.69) is 10.4 Å². The van der Waals surface area contributed by atoms with Gasteiger partial charge in [0, 0.05) is 17.9 Å². The van der Waals surface area contributed by atoms with E-state index in [9.17, 15) is 4.79 Å². The molecule has 2 aromatic carbocycles. The van der Waals surface area contributed by atoms with Crippen LogP contribution in [0.2, 0.25) is 0 Å². The molecule has 1 aliphatic rings. The monoisotopic (exact) mass is 347 g/mol. The maximum atomic E-state index is 12.3. The Hall–Kier alpha value is -3.08. The molecule has 0 spiro atoms. The maximum Gasteiger partial charge on any atom is 0.226 e. The van der Waals surface area contributed by atoms with E-state index in [0.717, 1.165) is 28.4 Å². The normalized spacial score (nSPS) is 16.1. The summed E-state index contributed by atoms with van der Waals surface area (Å²) < 4.78 is 7.31. The third kappa shape index (κ3) is 2.96. The Morgan fingerprint density at radius 1 is 1.15 bits per heavy atom. The summed E-state index contributed by atoms with van der Waals surface area (Å²) in [5.41, 5.74) is 4.25. The minimum atomic E-state index is -0.00590. The number of carbonyl (C=O) groups is 1. The SMILES string of the molecule is CCOc1ccc(C2CC(=O)Nc3c2cnn3-c2ccc(C)cc2)cc1. The summed E-state index contributed by atoms with van der Waals surface area (Å²) in [4.78, 5) is 12.3. The fourth-order valence-electron chi connectivity index (χ4n) is 3.36. The van der Waals surface area contributed by atoms with Crippen molar-refractivity contribution in [3.05, 3.63) is 71.4 Å². The van der Waals surface area contributed by atoms with Crippen molar-refractivity contribution < 1.29 is 9.53 Å². The molecule has 0 aliphatic carbocycles. The Morgan fingerprint density at radius 2 is 1.88 bits per heavy atom. The van der Waals surface area contributed by atoms with Gasteiger partial charge in [-0.05, 0) is 43.7 Å². The van der Waals surface area contributed by atoms with Crippen LogP contribution in [0.25, 0.3) is 5.69 Å². The van der Waals surface area contributed by atoms with Crippen molar-refractivity contribution in [3.63, 3.8) is 0 Å². The number of carbonyl (C=O) groups excluding carboxylic acids is 1. The zero-order valence-corrected chi connectivity index (χ0v) is 14.9. The molecule has 0 fully saturated rings. The van der Waals surface area contributed by atoms with Crippen molar-refractivity contribution in [1.82, 2.24) is 9.78 Å². The fraction of sp³-hybridized carbons (Fsp3) is 0.238. The molecule has 2 heterocycles. The van der Waals surface area contributed by atoms with E-state index >= 15 is 0 Å². The molecule has 3 aromatic rings. The molecular formula is C21H21N3O2. The topological polar surface area (TPSA) is 56.1 Å². The second-order valence-corrected chi connectivity index (χ2v) is 6.50. The molecule has 1 aliphatic heterocycles. The lowest BCUT2D eigenvalue weighted by atomic mass is 9.87. The summed E-state index contributed by atoms with van der Waals surface area (Å²) in [5.74, 6) is 1.59. The van der Waals surface area contributed by atoms with Crippen LogP contribution < -0.4 is 10.1 Å². The van der Waals surface area contributed by atoms with Crippen molar-refractivity contribution in [2.75, 3.05) is 11.9 Å². The van der Waals surface area contributed by atoms with Crippen LogP contribution in [0, 0.1) is 6.92 Å². The number of anilines is 1. The highest BCUT2D eigenvalue weighted by atomic mass is 16.5.